The van der Waals surface area contributed by atoms with Gasteiger partial charge in [0.2, 0.25) is 0 Å². The Morgan fingerprint density at radius 3 is 2.84 bits per heavy atom. The predicted octanol–water partition coefficient (Wildman–Crippen LogP) is 2.51. The topological polar surface area (TPSA) is 58.6 Å². The zero-order valence-electron chi connectivity index (χ0n) is 10.6. The van der Waals surface area contributed by atoms with Crippen LogP contribution in [0.4, 0.5) is 10.5 Å². The minimum Gasteiger partial charge on any atom is -0.467 e. The Labute approximate surface area is 116 Å². The van der Waals surface area contributed by atoms with Gasteiger partial charge in [-0.3, -0.25) is 0 Å². The molecule has 0 aliphatic carbocycles. The molecule has 0 saturated carbocycles. The number of hydrogen-bond acceptors (Lipinski definition) is 3. The standard InChI is InChI=1S/C13H15ClN2O3/c1-19-12(17)11-7-4-8-16(11)13(18)15-10-6-3-2-5-9(10)14/h2-3,5-6,11H,4,7-8H2,1H3,(H,15,18). The van der Waals surface area contributed by atoms with Gasteiger partial charge in [-0.05, 0) is 25.0 Å². The number of nitrogens with one attached hydrogen (secondary N) is 1. The molecule has 1 unspecified atom stereocenters. The third kappa shape index (κ3) is 2.98. The van der Waals surface area contributed by atoms with Crippen LogP contribution in [-0.2, 0) is 9.53 Å². The Morgan fingerprint density at radius 2 is 2.16 bits per heavy atom. The number of rotatable bonds is 2. The molecule has 1 aromatic rings. The molecule has 2 amide bonds. The summed E-state index contributed by atoms with van der Waals surface area (Å²) in [6.45, 7) is 0.538. The van der Waals surface area contributed by atoms with Gasteiger partial charge < -0.3 is 15.0 Å². The van der Waals surface area contributed by atoms with E-state index in [1.807, 2.05) is 0 Å². The highest BCUT2D eigenvalue weighted by atomic mass is 35.5. The molecule has 0 aromatic heterocycles. The molecule has 19 heavy (non-hydrogen) atoms. The zero-order chi connectivity index (χ0) is 13.8. The van der Waals surface area contributed by atoms with Crippen molar-refractivity contribution in [2.24, 2.45) is 0 Å². The van der Waals surface area contributed by atoms with Crippen LogP contribution in [0.15, 0.2) is 24.3 Å². The first-order valence-electron chi connectivity index (χ1n) is 6.03. The summed E-state index contributed by atoms with van der Waals surface area (Å²) in [6.07, 6.45) is 1.42. The molecule has 1 saturated heterocycles. The van der Waals surface area contributed by atoms with Crippen molar-refractivity contribution in [1.29, 1.82) is 0 Å². The number of anilines is 1. The first-order chi connectivity index (χ1) is 9.13. The lowest BCUT2D eigenvalue weighted by atomic mass is 10.2. The summed E-state index contributed by atoms with van der Waals surface area (Å²) >= 11 is 5.98. The van der Waals surface area contributed by atoms with Gasteiger partial charge in [-0.25, -0.2) is 9.59 Å². The average molecular weight is 283 g/mol. The number of carbonyl (C=O) groups is 2. The van der Waals surface area contributed by atoms with Crippen molar-refractivity contribution < 1.29 is 14.3 Å². The average Bonchev–Trinajstić information content (AvgIpc) is 2.90. The predicted molar refractivity (Wildman–Crippen MR) is 72.2 cm³/mol. The lowest BCUT2D eigenvalue weighted by Crippen LogP contribution is -2.43. The quantitative estimate of drug-likeness (QED) is 0.848. The van der Waals surface area contributed by atoms with Gasteiger partial charge in [-0.1, -0.05) is 23.7 Å². The summed E-state index contributed by atoms with van der Waals surface area (Å²) in [5, 5.41) is 3.17. The van der Waals surface area contributed by atoms with E-state index >= 15 is 0 Å². The van der Waals surface area contributed by atoms with E-state index in [1.165, 1.54) is 12.0 Å². The Balaban J connectivity index is 2.07. The van der Waals surface area contributed by atoms with Crippen LogP contribution in [0.25, 0.3) is 0 Å². The molecule has 0 radical (unpaired) electrons. The van der Waals surface area contributed by atoms with Crippen LogP contribution in [0, 0.1) is 0 Å². The Kier molecular flexibility index (Phi) is 4.27. The van der Waals surface area contributed by atoms with Crippen LogP contribution in [0.1, 0.15) is 12.8 Å². The van der Waals surface area contributed by atoms with Crippen molar-refractivity contribution in [2.75, 3.05) is 19.0 Å². The molecule has 5 nitrogen and oxygen atoms in total. The highest BCUT2D eigenvalue weighted by Crippen LogP contribution is 2.23. The Morgan fingerprint density at radius 1 is 1.42 bits per heavy atom. The van der Waals surface area contributed by atoms with Crippen LogP contribution < -0.4 is 5.32 Å². The molecule has 1 N–H and O–H groups in total. The largest absolute Gasteiger partial charge is 0.467 e. The molecule has 0 spiro atoms. The van der Waals surface area contributed by atoms with Gasteiger partial charge in [0.05, 0.1) is 17.8 Å². The molecule has 1 aliphatic rings. The van der Waals surface area contributed by atoms with E-state index in [-0.39, 0.29) is 12.0 Å². The number of halogens is 1. The molecular formula is C13H15ClN2O3. The third-order valence-electron chi connectivity index (χ3n) is 3.10. The van der Waals surface area contributed by atoms with E-state index in [0.29, 0.717) is 23.7 Å². The molecule has 0 bridgehead atoms. The monoisotopic (exact) mass is 282 g/mol. The van der Waals surface area contributed by atoms with E-state index < -0.39 is 6.04 Å². The smallest absolute Gasteiger partial charge is 0.328 e. The summed E-state index contributed by atoms with van der Waals surface area (Å²) in [5.74, 6) is -0.383. The molecular weight excluding hydrogens is 268 g/mol. The van der Waals surface area contributed by atoms with Gasteiger partial charge in [-0.2, -0.15) is 0 Å². The number of amides is 2. The Bertz CT molecular complexity index is 493. The van der Waals surface area contributed by atoms with Crippen molar-refractivity contribution in [1.82, 2.24) is 4.90 Å². The third-order valence-corrected chi connectivity index (χ3v) is 3.43. The van der Waals surface area contributed by atoms with Crippen molar-refractivity contribution in [2.45, 2.75) is 18.9 Å². The number of ether oxygens (including phenoxy) is 1. The van der Waals surface area contributed by atoms with Crippen LogP contribution in [0.2, 0.25) is 5.02 Å². The van der Waals surface area contributed by atoms with Crippen LogP contribution in [-0.4, -0.2) is 36.6 Å². The molecule has 6 heteroatoms. The van der Waals surface area contributed by atoms with Gasteiger partial charge in [0.15, 0.2) is 0 Å². The maximum absolute atomic E-state index is 12.1. The summed E-state index contributed by atoms with van der Waals surface area (Å²) in [7, 11) is 1.32. The number of carbonyl (C=O) groups excluding carboxylic acids is 2. The summed E-state index contributed by atoms with van der Waals surface area (Å²) in [4.78, 5) is 25.2. The molecule has 1 aromatic carbocycles. The molecule has 1 aliphatic heterocycles. The molecule has 1 fully saturated rings. The number of nitrogens with zero attached hydrogens (tertiary/aromatic N) is 1. The number of hydrogen-bond donors (Lipinski definition) is 1. The number of methoxy groups -OCH3 is 1. The maximum atomic E-state index is 12.1. The van der Waals surface area contributed by atoms with E-state index in [9.17, 15) is 9.59 Å². The minimum absolute atomic E-state index is 0.332. The maximum Gasteiger partial charge on any atom is 0.328 e. The van der Waals surface area contributed by atoms with Crippen molar-refractivity contribution in [3.05, 3.63) is 29.3 Å². The van der Waals surface area contributed by atoms with Gasteiger partial charge >= 0.3 is 12.0 Å². The SMILES string of the molecule is COC(=O)C1CCCN1C(=O)Nc1ccccc1Cl. The van der Waals surface area contributed by atoms with Gasteiger partial charge in [0.25, 0.3) is 0 Å². The van der Waals surface area contributed by atoms with E-state index in [1.54, 1.807) is 24.3 Å². The lowest BCUT2D eigenvalue weighted by Gasteiger charge is -2.23. The second-order valence-corrected chi connectivity index (χ2v) is 4.69. The molecule has 1 atom stereocenters. The van der Waals surface area contributed by atoms with Crippen LogP contribution in [0.3, 0.4) is 0 Å². The van der Waals surface area contributed by atoms with Gasteiger partial charge in [-0.15, -0.1) is 0 Å². The van der Waals surface area contributed by atoms with E-state index in [4.69, 9.17) is 16.3 Å². The molecule has 1 heterocycles. The summed E-state index contributed by atoms with van der Waals surface area (Å²) in [5.41, 5.74) is 0.532. The summed E-state index contributed by atoms with van der Waals surface area (Å²) in [6, 6.07) is 6.13. The van der Waals surface area contributed by atoms with Crippen molar-refractivity contribution in [3.8, 4) is 0 Å². The zero-order valence-corrected chi connectivity index (χ0v) is 11.3. The van der Waals surface area contributed by atoms with Crippen LogP contribution >= 0.6 is 11.6 Å². The minimum atomic E-state index is -0.507. The van der Waals surface area contributed by atoms with Crippen molar-refractivity contribution >= 4 is 29.3 Å². The molecule has 2 rings (SSSR count). The fraction of sp³-hybridized carbons (Fsp3) is 0.385. The number of para-hydroxylation sites is 1. The van der Waals surface area contributed by atoms with E-state index in [2.05, 4.69) is 5.32 Å². The van der Waals surface area contributed by atoms with Gasteiger partial charge in [0, 0.05) is 6.54 Å². The first-order valence-corrected chi connectivity index (χ1v) is 6.41. The van der Waals surface area contributed by atoms with Gasteiger partial charge in [0.1, 0.15) is 6.04 Å². The highest BCUT2D eigenvalue weighted by Gasteiger charge is 2.34. The Hall–Kier alpha value is -1.75. The lowest BCUT2D eigenvalue weighted by molar-refractivity contribution is -0.144. The fourth-order valence-electron chi connectivity index (χ4n) is 2.14. The fourth-order valence-corrected chi connectivity index (χ4v) is 2.32. The highest BCUT2D eigenvalue weighted by molar-refractivity contribution is 6.33. The van der Waals surface area contributed by atoms with Crippen LogP contribution in [0.5, 0.6) is 0 Å². The second kappa shape index (κ2) is 5.93. The number of benzene rings is 1. The first kappa shape index (κ1) is 13.7. The summed E-state index contributed by atoms with van der Waals surface area (Å²) < 4.78 is 4.70. The second-order valence-electron chi connectivity index (χ2n) is 4.28. The molecule has 102 valence electrons. The number of likely N-dealkylation sites (tertiary alicyclic amines) is 1. The van der Waals surface area contributed by atoms with E-state index in [0.717, 1.165) is 6.42 Å². The number of urea groups is 1. The number of esters is 1. The van der Waals surface area contributed by atoms with Crippen molar-refractivity contribution in [3.63, 3.8) is 0 Å². The normalized spacial score (nSPS) is 18.2.